The molecule has 1 heterocycles. The van der Waals surface area contributed by atoms with Crippen molar-refractivity contribution >= 4 is 11.0 Å². The van der Waals surface area contributed by atoms with Crippen LogP contribution in [0, 0.1) is 5.82 Å². The Morgan fingerprint density at radius 1 is 1.28 bits per heavy atom. The summed E-state index contributed by atoms with van der Waals surface area (Å²) in [4.78, 5) is 2.12. The molecule has 0 amide bonds. The van der Waals surface area contributed by atoms with Gasteiger partial charge in [0.15, 0.2) is 0 Å². The fourth-order valence-electron chi connectivity index (χ4n) is 2.10. The van der Waals surface area contributed by atoms with Crippen molar-refractivity contribution in [3.05, 3.63) is 35.8 Å². The summed E-state index contributed by atoms with van der Waals surface area (Å²) in [6.45, 7) is 4.41. The Hall–Kier alpha value is -1.39. The Morgan fingerprint density at radius 2 is 2.11 bits per heavy atom. The molecule has 0 bridgehead atoms. The van der Waals surface area contributed by atoms with Crippen molar-refractivity contribution in [1.82, 2.24) is 4.90 Å². The molecule has 0 fully saturated rings. The van der Waals surface area contributed by atoms with Gasteiger partial charge in [0.1, 0.15) is 17.2 Å². The minimum absolute atomic E-state index is 0.134. The minimum Gasteiger partial charge on any atom is -0.460 e. The minimum atomic E-state index is -0.254. The number of hydrogen-bond donors (Lipinski definition) is 1. The fourth-order valence-corrected chi connectivity index (χ4v) is 2.10. The van der Waals surface area contributed by atoms with Crippen molar-refractivity contribution in [1.29, 1.82) is 0 Å². The van der Waals surface area contributed by atoms with Crippen LogP contribution in [0.3, 0.4) is 0 Å². The van der Waals surface area contributed by atoms with E-state index in [-0.39, 0.29) is 12.4 Å². The molecule has 2 aromatic rings. The lowest BCUT2D eigenvalue weighted by Crippen LogP contribution is -2.27. The summed E-state index contributed by atoms with van der Waals surface area (Å²) < 4.78 is 18.7. The maximum atomic E-state index is 13.1. The summed E-state index contributed by atoms with van der Waals surface area (Å²) >= 11 is 0. The van der Waals surface area contributed by atoms with Crippen LogP contribution in [0.2, 0.25) is 0 Å². The molecule has 0 saturated heterocycles. The molecular weight excluding hydrogens is 233 g/mol. The van der Waals surface area contributed by atoms with E-state index in [9.17, 15) is 4.39 Å². The normalized spacial score (nSPS) is 11.6. The van der Waals surface area contributed by atoms with E-state index < -0.39 is 0 Å². The van der Waals surface area contributed by atoms with E-state index in [0.717, 1.165) is 24.1 Å². The van der Waals surface area contributed by atoms with E-state index in [1.54, 1.807) is 6.07 Å². The van der Waals surface area contributed by atoms with Crippen LogP contribution < -0.4 is 0 Å². The van der Waals surface area contributed by atoms with Crippen LogP contribution in [0.5, 0.6) is 0 Å². The van der Waals surface area contributed by atoms with Gasteiger partial charge in [-0.1, -0.05) is 6.92 Å². The van der Waals surface area contributed by atoms with Crippen molar-refractivity contribution in [3.63, 3.8) is 0 Å². The first-order chi connectivity index (χ1) is 8.72. The van der Waals surface area contributed by atoms with Gasteiger partial charge in [0.2, 0.25) is 0 Å². The lowest BCUT2D eigenvalue weighted by atomic mass is 10.2. The van der Waals surface area contributed by atoms with Gasteiger partial charge in [-0.15, -0.1) is 0 Å². The fraction of sp³-hybridized carbons (Fsp3) is 0.429. The molecule has 1 N–H and O–H groups in total. The predicted molar refractivity (Wildman–Crippen MR) is 68.8 cm³/mol. The largest absolute Gasteiger partial charge is 0.460 e. The highest BCUT2D eigenvalue weighted by Gasteiger charge is 2.09. The molecule has 0 saturated carbocycles. The Labute approximate surface area is 106 Å². The summed E-state index contributed by atoms with van der Waals surface area (Å²) in [6.07, 6.45) is 1.02. The number of halogens is 1. The average molecular weight is 251 g/mol. The van der Waals surface area contributed by atoms with Crippen molar-refractivity contribution < 1.29 is 13.9 Å². The molecule has 0 aliphatic carbocycles. The Morgan fingerprint density at radius 3 is 2.83 bits per heavy atom. The first-order valence-electron chi connectivity index (χ1n) is 6.24. The monoisotopic (exact) mass is 251 g/mol. The molecule has 0 atom stereocenters. The van der Waals surface area contributed by atoms with Crippen LogP contribution in [-0.2, 0) is 6.54 Å². The third-order valence-corrected chi connectivity index (χ3v) is 2.86. The number of furan rings is 1. The second-order valence-electron chi connectivity index (χ2n) is 4.39. The average Bonchev–Trinajstić information content (AvgIpc) is 2.71. The van der Waals surface area contributed by atoms with Crippen LogP contribution >= 0.6 is 0 Å². The summed E-state index contributed by atoms with van der Waals surface area (Å²) in [5.74, 6) is 0.549. The Kier molecular flexibility index (Phi) is 4.33. The van der Waals surface area contributed by atoms with E-state index in [1.165, 1.54) is 12.1 Å². The number of fused-ring (bicyclic) bond motifs is 1. The third kappa shape index (κ3) is 3.09. The smallest absolute Gasteiger partial charge is 0.134 e. The molecule has 4 heteroatoms. The van der Waals surface area contributed by atoms with Crippen molar-refractivity contribution in [2.45, 2.75) is 19.9 Å². The highest BCUT2D eigenvalue weighted by Crippen LogP contribution is 2.21. The number of nitrogens with zero attached hydrogens (tertiary/aromatic N) is 1. The quantitative estimate of drug-likeness (QED) is 0.857. The zero-order chi connectivity index (χ0) is 13.0. The van der Waals surface area contributed by atoms with E-state index >= 15 is 0 Å². The second-order valence-corrected chi connectivity index (χ2v) is 4.39. The number of aliphatic hydroxyl groups is 1. The summed E-state index contributed by atoms with van der Waals surface area (Å²) in [6, 6.07) is 6.37. The van der Waals surface area contributed by atoms with Gasteiger partial charge in [0.25, 0.3) is 0 Å². The summed E-state index contributed by atoms with van der Waals surface area (Å²) in [7, 11) is 0. The molecule has 0 aliphatic heterocycles. The third-order valence-electron chi connectivity index (χ3n) is 2.86. The van der Waals surface area contributed by atoms with Crippen LogP contribution in [0.25, 0.3) is 11.0 Å². The molecule has 18 heavy (non-hydrogen) atoms. The van der Waals surface area contributed by atoms with Gasteiger partial charge < -0.3 is 9.52 Å². The molecule has 0 unspecified atom stereocenters. The SMILES string of the molecule is CCCN(CCO)Cc1cc2cc(F)ccc2o1. The Balaban J connectivity index is 2.14. The molecule has 0 aliphatic rings. The molecule has 2 rings (SSSR count). The Bertz CT molecular complexity index is 503. The second kappa shape index (κ2) is 5.98. The molecule has 3 nitrogen and oxygen atoms in total. The molecule has 1 aromatic heterocycles. The van der Waals surface area contributed by atoms with Gasteiger partial charge in [-0.05, 0) is 37.2 Å². The molecule has 1 aromatic carbocycles. The number of benzene rings is 1. The zero-order valence-corrected chi connectivity index (χ0v) is 10.5. The van der Waals surface area contributed by atoms with Crippen molar-refractivity contribution in [2.75, 3.05) is 19.7 Å². The maximum absolute atomic E-state index is 13.1. The van der Waals surface area contributed by atoms with Gasteiger partial charge in [0, 0.05) is 11.9 Å². The first kappa shape index (κ1) is 13.1. The van der Waals surface area contributed by atoms with Gasteiger partial charge in [-0.25, -0.2) is 4.39 Å². The van der Waals surface area contributed by atoms with Crippen LogP contribution in [0.1, 0.15) is 19.1 Å². The molecule has 98 valence electrons. The number of rotatable bonds is 6. The van der Waals surface area contributed by atoms with Crippen LogP contribution in [0.4, 0.5) is 4.39 Å². The zero-order valence-electron chi connectivity index (χ0n) is 10.5. The molecule has 0 radical (unpaired) electrons. The van der Waals surface area contributed by atoms with Gasteiger partial charge >= 0.3 is 0 Å². The van der Waals surface area contributed by atoms with E-state index in [4.69, 9.17) is 9.52 Å². The van der Waals surface area contributed by atoms with E-state index in [0.29, 0.717) is 18.7 Å². The summed E-state index contributed by atoms with van der Waals surface area (Å²) in [5.41, 5.74) is 0.701. The molecule has 0 spiro atoms. The van der Waals surface area contributed by atoms with E-state index in [2.05, 4.69) is 11.8 Å². The highest BCUT2D eigenvalue weighted by atomic mass is 19.1. The summed E-state index contributed by atoms with van der Waals surface area (Å²) in [5, 5.41) is 9.78. The first-order valence-corrected chi connectivity index (χ1v) is 6.24. The molecular formula is C14H18FNO2. The highest BCUT2D eigenvalue weighted by molar-refractivity contribution is 5.77. The van der Waals surface area contributed by atoms with E-state index in [1.807, 2.05) is 6.07 Å². The van der Waals surface area contributed by atoms with Gasteiger partial charge in [-0.2, -0.15) is 0 Å². The number of hydrogen-bond acceptors (Lipinski definition) is 3. The standard InChI is InChI=1S/C14H18FNO2/c1-2-5-16(6-7-17)10-13-9-11-8-12(15)3-4-14(11)18-13/h3-4,8-9,17H,2,5-7,10H2,1H3. The lowest BCUT2D eigenvalue weighted by Gasteiger charge is -2.18. The lowest BCUT2D eigenvalue weighted by molar-refractivity contribution is 0.182. The van der Waals surface area contributed by atoms with Crippen LogP contribution in [-0.4, -0.2) is 29.7 Å². The predicted octanol–water partition coefficient (Wildman–Crippen LogP) is 2.78. The number of aliphatic hydroxyl groups excluding tert-OH is 1. The van der Waals surface area contributed by atoms with Crippen LogP contribution in [0.15, 0.2) is 28.7 Å². The maximum Gasteiger partial charge on any atom is 0.134 e. The van der Waals surface area contributed by atoms with Crippen molar-refractivity contribution in [3.8, 4) is 0 Å². The van der Waals surface area contributed by atoms with Gasteiger partial charge in [-0.3, -0.25) is 4.90 Å². The topological polar surface area (TPSA) is 36.6 Å². The van der Waals surface area contributed by atoms with Gasteiger partial charge in [0.05, 0.1) is 13.2 Å². The van der Waals surface area contributed by atoms with Crippen molar-refractivity contribution in [2.24, 2.45) is 0 Å².